The summed E-state index contributed by atoms with van der Waals surface area (Å²) in [4.78, 5) is 22.8. The van der Waals surface area contributed by atoms with Gasteiger partial charge in [0, 0.05) is 24.2 Å². The van der Waals surface area contributed by atoms with Crippen molar-refractivity contribution in [3.63, 3.8) is 0 Å². The van der Waals surface area contributed by atoms with Crippen molar-refractivity contribution in [1.29, 1.82) is 0 Å². The molecule has 3 amide bonds. The molecule has 0 aliphatic carbocycles. The Balaban J connectivity index is 2.32. The van der Waals surface area contributed by atoms with Gasteiger partial charge in [-0.05, 0) is 24.3 Å². The fraction of sp³-hybridized carbons (Fsp3) is 0.273. The molecule has 1 rings (SSSR count). The second kappa shape index (κ2) is 7.52. The number of amides is 3. The summed E-state index contributed by atoms with van der Waals surface area (Å²) in [6.07, 6.45) is 0. The van der Waals surface area contributed by atoms with Gasteiger partial charge in [-0.2, -0.15) is 0 Å². The smallest absolute Gasteiger partial charge is 0.333 e. The van der Waals surface area contributed by atoms with Gasteiger partial charge < -0.3 is 10.1 Å². The number of carbonyl (C=O) groups excluding carboxylic acids is 2. The molecule has 3 N–H and O–H groups in total. The molecule has 0 radical (unpaired) electrons. The molecule has 0 aliphatic rings. The summed E-state index contributed by atoms with van der Waals surface area (Å²) in [5.74, 6) is -0.423. The first-order valence-corrected chi connectivity index (χ1v) is 5.60. The van der Waals surface area contributed by atoms with Gasteiger partial charge in [0.2, 0.25) is 0 Å². The number of halogens is 1. The highest BCUT2D eigenvalue weighted by Crippen LogP contribution is 2.08. The topological polar surface area (TPSA) is 79.5 Å². The van der Waals surface area contributed by atoms with E-state index >= 15 is 0 Å². The predicted octanol–water partition coefficient (Wildman–Crippen LogP) is 0.930. The van der Waals surface area contributed by atoms with Crippen LogP contribution in [-0.4, -0.2) is 32.2 Å². The van der Waals surface area contributed by atoms with Gasteiger partial charge in [0.15, 0.2) is 0 Å². The predicted molar refractivity (Wildman–Crippen MR) is 67.3 cm³/mol. The molecule has 7 heteroatoms. The van der Waals surface area contributed by atoms with E-state index in [1.165, 1.54) is 7.11 Å². The van der Waals surface area contributed by atoms with E-state index in [1.807, 2.05) is 0 Å². The van der Waals surface area contributed by atoms with E-state index in [2.05, 4.69) is 16.2 Å². The lowest BCUT2D eigenvalue weighted by atomic mass is 10.2. The fourth-order valence-electron chi connectivity index (χ4n) is 1.10. The maximum Gasteiger partial charge on any atom is 0.333 e. The SMILES string of the molecule is COCCNC(=O)NNC(=O)c1ccc(Cl)cc1. The molecule has 0 aliphatic heterocycles. The highest BCUT2D eigenvalue weighted by atomic mass is 35.5. The van der Waals surface area contributed by atoms with Gasteiger partial charge in [-0.1, -0.05) is 11.6 Å². The third-order valence-corrected chi connectivity index (χ3v) is 2.24. The molecule has 0 heterocycles. The van der Waals surface area contributed by atoms with Crippen molar-refractivity contribution in [2.24, 2.45) is 0 Å². The lowest BCUT2D eigenvalue weighted by molar-refractivity contribution is 0.0936. The van der Waals surface area contributed by atoms with Gasteiger partial charge in [0.25, 0.3) is 5.91 Å². The Labute approximate surface area is 110 Å². The maximum atomic E-state index is 11.6. The van der Waals surface area contributed by atoms with Crippen LogP contribution >= 0.6 is 11.6 Å². The second-order valence-electron chi connectivity index (χ2n) is 3.33. The summed E-state index contributed by atoms with van der Waals surface area (Å²) >= 11 is 5.69. The quantitative estimate of drug-likeness (QED) is 0.563. The van der Waals surface area contributed by atoms with Crippen molar-refractivity contribution in [2.75, 3.05) is 20.3 Å². The summed E-state index contributed by atoms with van der Waals surface area (Å²) in [5, 5.41) is 3.03. The number of rotatable bonds is 4. The number of carbonyl (C=O) groups is 2. The summed E-state index contributed by atoms with van der Waals surface area (Å²) in [5.41, 5.74) is 4.88. The number of benzene rings is 1. The van der Waals surface area contributed by atoms with E-state index in [4.69, 9.17) is 16.3 Å². The highest BCUT2D eigenvalue weighted by Gasteiger charge is 2.06. The zero-order chi connectivity index (χ0) is 13.4. The average Bonchev–Trinajstić information content (AvgIpc) is 2.37. The van der Waals surface area contributed by atoms with Crippen molar-refractivity contribution in [3.05, 3.63) is 34.9 Å². The third-order valence-electron chi connectivity index (χ3n) is 1.99. The second-order valence-corrected chi connectivity index (χ2v) is 3.77. The molecule has 0 saturated carbocycles. The standard InChI is InChI=1S/C11H14ClN3O3/c1-18-7-6-13-11(17)15-14-10(16)8-2-4-9(12)5-3-8/h2-5H,6-7H2,1H3,(H,14,16)(H2,13,15,17). The minimum Gasteiger partial charge on any atom is -0.383 e. The molecule has 6 nitrogen and oxygen atoms in total. The number of hydrogen-bond donors (Lipinski definition) is 3. The Morgan fingerprint density at radius 3 is 2.50 bits per heavy atom. The van der Waals surface area contributed by atoms with Gasteiger partial charge in [-0.25, -0.2) is 10.2 Å². The molecule has 1 aromatic carbocycles. The molecule has 98 valence electrons. The third kappa shape index (κ3) is 5.03. The maximum absolute atomic E-state index is 11.6. The van der Waals surface area contributed by atoms with Crippen LogP contribution in [0.5, 0.6) is 0 Å². The van der Waals surface area contributed by atoms with Crippen LogP contribution in [0.4, 0.5) is 4.79 Å². The van der Waals surface area contributed by atoms with Crippen LogP contribution in [0.15, 0.2) is 24.3 Å². The van der Waals surface area contributed by atoms with E-state index in [9.17, 15) is 9.59 Å². The van der Waals surface area contributed by atoms with Crippen LogP contribution < -0.4 is 16.2 Å². The molecule has 1 aromatic rings. The minimum atomic E-state index is -0.505. The van der Waals surface area contributed by atoms with Crippen LogP contribution in [0.1, 0.15) is 10.4 Å². The average molecular weight is 272 g/mol. The number of ether oxygens (including phenoxy) is 1. The van der Waals surface area contributed by atoms with E-state index in [0.717, 1.165) is 0 Å². The van der Waals surface area contributed by atoms with E-state index < -0.39 is 11.9 Å². The van der Waals surface area contributed by atoms with Crippen molar-refractivity contribution in [3.8, 4) is 0 Å². The first kappa shape index (κ1) is 14.3. The van der Waals surface area contributed by atoms with Crippen molar-refractivity contribution in [2.45, 2.75) is 0 Å². The minimum absolute atomic E-state index is 0.360. The normalized spacial score (nSPS) is 9.67. The van der Waals surface area contributed by atoms with E-state index in [-0.39, 0.29) is 0 Å². The molecule has 0 saturated heterocycles. The highest BCUT2D eigenvalue weighted by molar-refractivity contribution is 6.30. The first-order chi connectivity index (χ1) is 8.63. The molecule has 0 atom stereocenters. The monoisotopic (exact) mass is 271 g/mol. The van der Waals surface area contributed by atoms with Gasteiger partial charge >= 0.3 is 6.03 Å². The summed E-state index contributed by atoms with van der Waals surface area (Å²) < 4.78 is 4.76. The summed E-state index contributed by atoms with van der Waals surface area (Å²) in [7, 11) is 1.53. The zero-order valence-electron chi connectivity index (χ0n) is 9.83. The lowest BCUT2D eigenvalue weighted by Gasteiger charge is -2.08. The molecular weight excluding hydrogens is 258 g/mol. The lowest BCUT2D eigenvalue weighted by Crippen LogP contribution is -2.47. The Kier molecular flexibility index (Phi) is 5.96. The Morgan fingerprint density at radius 1 is 1.22 bits per heavy atom. The number of hydrazine groups is 1. The fourth-order valence-corrected chi connectivity index (χ4v) is 1.22. The molecule has 0 bridgehead atoms. The van der Waals surface area contributed by atoms with Crippen LogP contribution in [0, 0.1) is 0 Å². The molecule has 0 unspecified atom stereocenters. The van der Waals surface area contributed by atoms with E-state index in [0.29, 0.717) is 23.7 Å². The van der Waals surface area contributed by atoms with Crippen molar-refractivity contribution >= 4 is 23.5 Å². The van der Waals surface area contributed by atoms with Crippen LogP contribution in [0.25, 0.3) is 0 Å². The van der Waals surface area contributed by atoms with Crippen LogP contribution in [0.3, 0.4) is 0 Å². The molecule has 0 spiro atoms. The van der Waals surface area contributed by atoms with Gasteiger partial charge in [-0.3, -0.25) is 10.2 Å². The van der Waals surface area contributed by atoms with Crippen LogP contribution in [-0.2, 0) is 4.74 Å². The Bertz CT molecular complexity index is 408. The van der Waals surface area contributed by atoms with Crippen LogP contribution in [0.2, 0.25) is 5.02 Å². The number of urea groups is 1. The molecule has 0 aromatic heterocycles. The zero-order valence-corrected chi connectivity index (χ0v) is 10.6. The summed E-state index contributed by atoms with van der Waals surface area (Å²) in [6.45, 7) is 0.762. The van der Waals surface area contributed by atoms with E-state index in [1.54, 1.807) is 24.3 Å². The van der Waals surface area contributed by atoms with Crippen molar-refractivity contribution < 1.29 is 14.3 Å². The van der Waals surface area contributed by atoms with Crippen molar-refractivity contribution in [1.82, 2.24) is 16.2 Å². The number of methoxy groups -OCH3 is 1. The van der Waals surface area contributed by atoms with Gasteiger partial charge in [-0.15, -0.1) is 0 Å². The van der Waals surface area contributed by atoms with Gasteiger partial charge in [0.1, 0.15) is 0 Å². The first-order valence-electron chi connectivity index (χ1n) is 5.22. The summed E-state index contributed by atoms with van der Waals surface area (Å²) in [6, 6.07) is 5.79. The molecule has 0 fully saturated rings. The Hall–Kier alpha value is -1.79. The van der Waals surface area contributed by atoms with Gasteiger partial charge in [0.05, 0.1) is 6.61 Å². The largest absolute Gasteiger partial charge is 0.383 e. The number of hydrogen-bond acceptors (Lipinski definition) is 3. The molecule has 18 heavy (non-hydrogen) atoms. The Morgan fingerprint density at radius 2 is 1.89 bits per heavy atom. The molecular formula is C11H14ClN3O3. The number of nitrogens with one attached hydrogen (secondary N) is 3.